The lowest BCUT2D eigenvalue weighted by atomic mass is 10.0. The van der Waals surface area contributed by atoms with Crippen LogP contribution >= 0.6 is 0 Å². The molecular formula is C26H29N5O3. The molecule has 0 bridgehead atoms. The number of aryl methyl sites for hydroxylation is 1. The molecule has 2 aliphatic heterocycles. The van der Waals surface area contributed by atoms with E-state index >= 15 is 0 Å². The molecule has 176 valence electrons. The second-order valence-corrected chi connectivity index (χ2v) is 9.14. The average Bonchev–Trinajstić information content (AvgIpc) is 3.35. The van der Waals surface area contributed by atoms with Gasteiger partial charge in [0.05, 0.1) is 16.7 Å². The standard InChI is InChI=1S/C26H29N5O3/c1-27-25(33)23(5-3-12-32)31-16-18-13-17(6-7-20(18)26(31)34)22-14-19(15-30-9-4-10-30)24-21(28-22)8-11-29(24)2/h6-8,11-14,23H,3-5,9-10,15-16H2,1-2H3,(H,27,33). The van der Waals surface area contributed by atoms with Gasteiger partial charge in [0.25, 0.3) is 5.91 Å². The summed E-state index contributed by atoms with van der Waals surface area (Å²) < 4.78 is 2.12. The van der Waals surface area contributed by atoms with Gasteiger partial charge in [-0.3, -0.25) is 14.5 Å². The average molecular weight is 460 g/mol. The number of carbonyl (C=O) groups excluding carboxylic acids is 3. The quantitative estimate of drug-likeness (QED) is 0.523. The molecule has 0 spiro atoms. The molecule has 1 unspecified atom stereocenters. The van der Waals surface area contributed by atoms with Gasteiger partial charge in [0.1, 0.15) is 12.3 Å². The normalized spacial score (nSPS) is 16.4. The van der Waals surface area contributed by atoms with E-state index in [0.717, 1.165) is 53.8 Å². The summed E-state index contributed by atoms with van der Waals surface area (Å²) in [5.41, 5.74) is 6.68. The fourth-order valence-electron chi connectivity index (χ4n) is 5.02. The second kappa shape index (κ2) is 9.02. The predicted octanol–water partition coefficient (Wildman–Crippen LogP) is 2.50. The van der Waals surface area contributed by atoms with Crippen LogP contribution in [-0.4, -0.2) is 63.6 Å². The number of aromatic nitrogens is 2. The summed E-state index contributed by atoms with van der Waals surface area (Å²) in [4.78, 5) is 45.4. The minimum Gasteiger partial charge on any atom is -0.357 e. The first-order valence-electron chi connectivity index (χ1n) is 11.8. The Morgan fingerprint density at radius 1 is 1.24 bits per heavy atom. The topological polar surface area (TPSA) is 87.5 Å². The molecule has 8 nitrogen and oxygen atoms in total. The number of rotatable bonds is 8. The van der Waals surface area contributed by atoms with Crippen molar-refractivity contribution in [1.29, 1.82) is 0 Å². The Hall–Kier alpha value is -3.52. The molecule has 0 saturated carbocycles. The van der Waals surface area contributed by atoms with Crippen molar-refractivity contribution in [2.24, 2.45) is 7.05 Å². The van der Waals surface area contributed by atoms with Crippen LogP contribution in [0.2, 0.25) is 0 Å². The van der Waals surface area contributed by atoms with E-state index in [9.17, 15) is 14.4 Å². The third kappa shape index (κ3) is 3.88. The van der Waals surface area contributed by atoms with Crippen molar-refractivity contribution in [3.05, 3.63) is 53.2 Å². The first kappa shape index (κ1) is 22.3. The van der Waals surface area contributed by atoms with Crippen molar-refractivity contribution in [2.45, 2.75) is 38.4 Å². The molecule has 34 heavy (non-hydrogen) atoms. The summed E-state index contributed by atoms with van der Waals surface area (Å²) in [6, 6.07) is 9.32. The van der Waals surface area contributed by atoms with Crippen LogP contribution in [-0.2, 0) is 29.7 Å². The highest BCUT2D eigenvalue weighted by molar-refractivity contribution is 6.01. The van der Waals surface area contributed by atoms with E-state index in [2.05, 4.69) is 20.9 Å². The van der Waals surface area contributed by atoms with E-state index in [4.69, 9.17) is 4.98 Å². The van der Waals surface area contributed by atoms with Gasteiger partial charge in [0.15, 0.2) is 0 Å². The molecule has 1 aromatic carbocycles. The van der Waals surface area contributed by atoms with Crippen molar-refractivity contribution < 1.29 is 14.4 Å². The number of likely N-dealkylation sites (tertiary alicyclic amines) is 1. The highest BCUT2D eigenvalue weighted by Crippen LogP contribution is 2.32. The SMILES string of the molecule is CNC(=O)C(CCC=O)N1Cc2cc(-c3cc(CN4CCC4)c4c(ccn4C)n3)ccc2C1=O. The lowest BCUT2D eigenvalue weighted by Crippen LogP contribution is -2.46. The molecule has 2 aromatic heterocycles. The largest absolute Gasteiger partial charge is 0.357 e. The van der Waals surface area contributed by atoms with Gasteiger partial charge in [0.2, 0.25) is 5.91 Å². The van der Waals surface area contributed by atoms with E-state index in [1.165, 1.54) is 12.0 Å². The number of aldehydes is 1. The lowest BCUT2D eigenvalue weighted by molar-refractivity contribution is -0.125. The van der Waals surface area contributed by atoms with Gasteiger partial charge in [-0.1, -0.05) is 6.07 Å². The molecule has 1 atom stereocenters. The van der Waals surface area contributed by atoms with E-state index in [0.29, 0.717) is 18.5 Å². The van der Waals surface area contributed by atoms with Crippen molar-refractivity contribution in [2.75, 3.05) is 20.1 Å². The Labute approximate surface area is 198 Å². The molecule has 8 heteroatoms. The van der Waals surface area contributed by atoms with Crippen molar-refractivity contribution in [1.82, 2.24) is 24.7 Å². The molecule has 2 aliphatic rings. The maximum atomic E-state index is 13.1. The first-order chi connectivity index (χ1) is 16.5. The molecule has 1 saturated heterocycles. The maximum Gasteiger partial charge on any atom is 0.255 e. The van der Waals surface area contributed by atoms with Crippen LogP contribution in [0, 0.1) is 0 Å². The minimum absolute atomic E-state index is 0.175. The number of nitrogens with zero attached hydrogens (tertiary/aromatic N) is 4. The molecule has 0 radical (unpaired) electrons. The zero-order valence-electron chi connectivity index (χ0n) is 19.6. The van der Waals surface area contributed by atoms with Gasteiger partial charge in [-0.15, -0.1) is 0 Å². The summed E-state index contributed by atoms with van der Waals surface area (Å²) in [6.45, 7) is 3.48. The van der Waals surface area contributed by atoms with Gasteiger partial charge in [0, 0.05) is 50.9 Å². The highest BCUT2D eigenvalue weighted by Gasteiger charge is 2.36. The summed E-state index contributed by atoms with van der Waals surface area (Å²) in [7, 11) is 3.59. The minimum atomic E-state index is -0.666. The highest BCUT2D eigenvalue weighted by atomic mass is 16.2. The van der Waals surface area contributed by atoms with Crippen LogP contribution in [0.5, 0.6) is 0 Å². The third-order valence-electron chi connectivity index (χ3n) is 6.97. The number of amides is 2. The summed E-state index contributed by atoms with van der Waals surface area (Å²) in [5, 5.41) is 2.62. The Kier molecular flexibility index (Phi) is 5.91. The molecule has 5 rings (SSSR count). The second-order valence-electron chi connectivity index (χ2n) is 9.14. The number of fused-ring (bicyclic) bond motifs is 2. The van der Waals surface area contributed by atoms with Crippen LogP contribution in [0.1, 0.15) is 40.7 Å². The molecule has 2 amide bonds. The van der Waals surface area contributed by atoms with E-state index in [-0.39, 0.29) is 18.2 Å². The van der Waals surface area contributed by atoms with E-state index in [1.807, 2.05) is 37.5 Å². The number of hydrogen-bond donors (Lipinski definition) is 1. The molecule has 1 fully saturated rings. The van der Waals surface area contributed by atoms with Gasteiger partial charge < -0.3 is 19.6 Å². The third-order valence-corrected chi connectivity index (χ3v) is 6.97. The number of nitrogens with one attached hydrogen (secondary N) is 1. The fraction of sp³-hybridized carbons (Fsp3) is 0.385. The fourth-order valence-corrected chi connectivity index (χ4v) is 5.02. The van der Waals surface area contributed by atoms with Crippen LogP contribution in [0.25, 0.3) is 22.3 Å². The van der Waals surface area contributed by atoms with Crippen molar-refractivity contribution in [3.8, 4) is 11.3 Å². The molecule has 1 N–H and O–H groups in total. The molecular weight excluding hydrogens is 430 g/mol. The monoisotopic (exact) mass is 459 g/mol. The zero-order valence-corrected chi connectivity index (χ0v) is 19.6. The van der Waals surface area contributed by atoms with Crippen molar-refractivity contribution >= 4 is 29.1 Å². The van der Waals surface area contributed by atoms with Gasteiger partial charge >= 0.3 is 0 Å². The number of benzene rings is 1. The summed E-state index contributed by atoms with van der Waals surface area (Å²) >= 11 is 0. The number of likely N-dealkylation sites (N-methyl/N-ethyl adjacent to an activating group) is 1. The first-order valence-corrected chi connectivity index (χ1v) is 11.8. The Bertz CT molecular complexity index is 1280. The summed E-state index contributed by atoms with van der Waals surface area (Å²) in [6.07, 6.45) is 4.60. The Balaban J connectivity index is 1.48. The van der Waals surface area contributed by atoms with E-state index < -0.39 is 6.04 Å². The van der Waals surface area contributed by atoms with Gasteiger partial charge in [-0.05, 0) is 61.3 Å². The predicted molar refractivity (Wildman–Crippen MR) is 129 cm³/mol. The lowest BCUT2D eigenvalue weighted by Gasteiger charge is -2.31. The van der Waals surface area contributed by atoms with Gasteiger partial charge in [-0.25, -0.2) is 4.98 Å². The van der Waals surface area contributed by atoms with Crippen LogP contribution in [0.15, 0.2) is 36.5 Å². The van der Waals surface area contributed by atoms with Crippen LogP contribution < -0.4 is 5.32 Å². The van der Waals surface area contributed by atoms with Crippen LogP contribution in [0.3, 0.4) is 0 Å². The molecule has 4 heterocycles. The number of pyridine rings is 1. The zero-order chi connectivity index (χ0) is 23.8. The number of carbonyl (C=O) groups is 3. The van der Waals surface area contributed by atoms with Crippen molar-refractivity contribution in [3.63, 3.8) is 0 Å². The van der Waals surface area contributed by atoms with E-state index in [1.54, 1.807) is 11.9 Å². The van der Waals surface area contributed by atoms with Crippen LogP contribution in [0.4, 0.5) is 0 Å². The molecule has 3 aromatic rings. The van der Waals surface area contributed by atoms with Gasteiger partial charge in [-0.2, -0.15) is 0 Å². The smallest absolute Gasteiger partial charge is 0.255 e. The summed E-state index contributed by atoms with van der Waals surface area (Å²) in [5.74, 6) is -0.430. The maximum absolute atomic E-state index is 13.1. The Morgan fingerprint density at radius 2 is 2.06 bits per heavy atom. The molecule has 0 aliphatic carbocycles. The Morgan fingerprint density at radius 3 is 2.76 bits per heavy atom. The number of hydrogen-bond acceptors (Lipinski definition) is 5.